The minimum absolute atomic E-state index is 0.0787. The van der Waals surface area contributed by atoms with Gasteiger partial charge in [0, 0.05) is 16.5 Å². The quantitative estimate of drug-likeness (QED) is 0.840. The maximum Gasteiger partial charge on any atom is 0.431 e. The van der Waals surface area contributed by atoms with Crippen molar-refractivity contribution in [2.75, 3.05) is 7.11 Å². The van der Waals surface area contributed by atoms with E-state index in [4.69, 9.17) is 0 Å². The van der Waals surface area contributed by atoms with Gasteiger partial charge in [-0.2, -0.15) is 13.2 Å². The average Bonchev–Trinajstić information content (AvgIpc) is 2.68. The van der Waals surface area contributed by atoms with Crippen LogP contribution in [0.15, 0.2) is 24.3 Å². The van der Waals surface area contributed by atoms with Crippen LogP contribution in [0, 0.1) is 0 Å². The van der Waals surface area contributed by atoms with Crippen LogP contribution in [0.1, 0.15) is 11.3 Å². The van der Waals surface area contributed by atoms with Crippen molar-refractivity contribution in [3.8, 4) is 0 Å². The van der Waals surface area contributed by atoms with Crippen LogP contribution in [0.3, 0.4) is 0 Å². The first-order chi connectivity index (χ1) is 8.43. The Balaban J connectivity index is 2.62. The van der Waals surface area contributed by atoms with Crippen molar-refractivity contribution in [1.82, 2.24) is 4.98 Å². The van der Waals surface area contributed by atoms with Gasteiger partial charge in [-0.15, -0.1) is 0 Å². The van der Waals surface area contributed by atoms with Gasteiger partial charge < -0.3 is 9.72 Å². The van der Waals surface area contributed by atoms with E-state index in [1.807, 2.05) is 0 Å². The van der Waals surface area contributed by atoms with E-state index in [1.165, 1.54) is 6.07 Å². The number of aromatic amines is 1. The number of para-hydroxylation sites is 1. The fraction of sp³-hybridized carbons (Fsp3) is 0.250. The van der Waals surface area contributed by atoms with E-state index in [0.717, 1.165) is 7.11 Å². The summed E-state index contributed by atoms with van der Waals surface area (Å²) in [4.78, 5) is 13.5. The fourth-order valence-electron chi connectivity index (χ4n) is 1.84. The molecule has 1 aromatic heterocycles. The summed E-state index contributed by atoms with van der Waals surface area (Å²) >= 11 is 0. The number of esters is 1. The van der Waals surface area contributed by atoms with Crippen molar-refractivity contribution in [1.29, 1.82) is 0 Å². The number of alkyl halides is 3. The van der Waals surface area contributed by atoms with Crippen LogP contribution in [-0.4, -0.2) is 18.1 Å². The van der Waals surface area contributed by atoms with Crippen LogP contribution in [-0.2, 0) is 22.1 Å². The molecule has 0 atom stereocenters. The third-order valence-corrected chi connectivity index (χ3v) is 2.65. The maximum atomic E-state index is 12.9. The van der Waals surface area contributed by atoms with Gasteiger partial charge in [0.15, 0.2) is 0 Å². The number of hydrogen-bond acceptors (Lipinski definition) is 2. The van der Waals surface area contributed by atoms with Crippen LogP contribution in [0.25, 0.3) is 10.9 Å². The third-order valence-electron chi connectivity index (χ3n) is 2.65. The second-order valence-electron chi connectivity index (χ2n) is 3.77. The Morgan fingerprint density at radius 2 is 2.00 bits per heavy atom. The molecule has 1 aromatic carbocycles. The molecule has 0 aliphatic carbocycles. The largest absolute Gasteiger partial charge is 0.469 e. The third kappa shape index (κ3) is 2.18. The van der Waals surface area contributed by atoms with Crippen molar-refractivity contribution in [2.24, 2.45) is 0 Å². The summed E-state index contributed by atoms with van der Waals surface area (Å²) in [5.74, 6) is -0.703. The molecule has 6 heteroatoms. The topological polar surface area (TPSA) is 42.1 Å². The Bertz CT molecular complexity index is 587. The number of ether oxygens (including phenoxy) is 1. The number of aromatic nitrogens is 1. The Kier molecular flexibility index (Phi) is 3.02. The smallest absolute Gasteiger partial charge is 0.431 e. The molecule has 0 bridgehead atoms. The van der Waals surface area contributed by atoms with Crippen molar-refractivity contribution in [2.45, 2.75) is 12.6 Å². The SMILES string of the molecule is COC(=O)Cc1c(C(F)(F)F)[nH]c2ccccc12. The zero-order chi connectivity index (χ0) is 13.3. The van der Waals surface area contributed by atoms with E-state index >= 15 is 0 Å². The van der Waals surface area contributed by atoms with Crippen molar-refractivity contribution >= 4 is 16.9 Å². The van der Waals surface area contributed by atoms with E-state index < -0.39 is 24.3 Å². The lowest BCUT2D eigenvalue weighted by molar-refractivity contribution is -0.143. The second kappa shape index (κ2) is 4.36. The molecule has 0 unspecified atom stereocenters. The maximum absolute atomic E-state index is 12.9. The molecule has 96 valence electrons. The predicted octanol–water partition coefficient (Wildman–Crippen LogP) is 2.90. The first-order valence-electron chi connectivity index (χ1n) is 5.17. The molecule has 0 saturated heterocycles. The van der Waals surface area contributed by atoms with Gasteiger partial charge in [-0.25, -0.2) is 0 Å². The summed E-state index contributed by atoms with van der Waals surface area (Å²) in [5.41, 5.74) is -0.622. The lowest BCUT2D eigenvalue weighted by atomic mass is 10.1. The molecule has 0 amide bonds. The Morgan fingerprint density at radius 3 is 2.61 bits per heavy atom. The number of methoxy groups -OCH3 is 1. The minimum atomic E-state index is -4.53. The van der Waals surface area contributed by atoms with Gasteiger partial charge in [0.25, 0.3) is 0 Å². The number of carbonyl (C=O) groups is 1. The zero-order valence-corrected chi connectivity index (χ0v) is 9.47. The number of rotatable bonds is 2. The molecular formula is C12H10F3NO2. The number of nitrogens with one attached hydrogen (secondary N) is 1. The zero-order valence-electron chi connectivity index (χ0n) is 9.47. The molecule has 0 spiro atoms. The highest BCUT2D eigenvalue weighted by Crippen LogP contribution is 2.35. The van der Waals surface area contributed by atoms with Crippen LogP contribution in [0.2, 0.25) is 0 Å². The average molecular weight is 257 g/mol. The number of benzene rings is 1. The Hall–Kier alpha value is -1.98. The number of halogens is 3. The molecular weight excluding hydrogens is 247 g/mol. The van der Waals surface area contributed by atoms with E-state index in [2.05, 4.69) is 9.72 Å². The van der Waals surface area contributed by atoms with Crippen LogP contribution >= 0.6 is 0 Å². The van der Waals surface area contributed by atoms with Crippen molar-refractivity contribution in [3.63, 3.8) is 0 Å². The van der Waals surface area contributed by atoms with Crippen LogP contribution in [0.4, 0.5) is 13.2 Å². The van der Waals surface area contributed by atoms with Gasteiger partial charge in [-0.1, -0.05) is 18.2 Å². The number of hydrogen-bond donors (Lipinski definition) is 1. The molecule has 0 fully saturated rings. The van der Waals surface area contributed by atoms with E-state index in [-0.39, 0.29) is 5.56 Å². The summed E-state index contributed by atoms with van der Waals surface area (Å²) in [6.45, 7) is 0. The standard InChI is InChI=1S/C12H10F3NO2/c1-18-10(17)6-8-7-4-2-3-5-9(7)16-11(8)12(13,14)15/h2-5,16H,6H2,1H3. The highest BCUT2D eigenvalue weighted by Gasteiger charge is 2.36. The summed E-state index contributed by atoms with van der Waals surface area (Å²) in [6, 6.07) is 6.32. The molecule has 1 heterocycles. The first kappa shape index (κ1) is 12.5. The normalized spacial score (nSPS) is 11.8. The van der Waals surface area contributed by atoms with Crippen molar-refractivity contribution in [3.05, 3.63) is 35.5 Å². The molecule has 0 saturated carbocycles. The second-order valence-corrected chi connectivity index (χ2v) is 3.77. The number of fused-ring (bicyclic) bond motifs is 1. The molecule has 0 aliphatic rings. The van der Waals surface area contributed by atoms with Crippen molar-refractivity contribution < 1.29 is 22.7 Å². The molecule has 3 nitrogen and oxygen atoms in total. The molecule has 18 heavy (non-hydrogen) atoms. The van der Waals surface area contributed by atoms with Crippen LogP contribution in [0.5, 0.6) is 0 Å². The van der Waals surface area contributed by atoms with Gasteiger partial charge >= 0.3 is 12.1 Å². The molecule has 2 rings (SSSR count). The lowest BCUT2D eigenvalue weighted by Gasteiger charge is -2.07. The lowest BCUT2D eigenvalue weighted by Crippen LogP contribution is -2.12. The summed E-state index contributed by atoms with van der Waals surface area (Å²) < 4.78 is 43.0. The Labute approximate surface area is 101 Å². The molecule has 2 aromatic rings. The highest BCUT2D eigenvalue weighted by molar-refractivity contribution is 5.88. The predicted molar refractivity (Wildman–Crippen MR) is 59.0 cm³/mol. The Morgan fingerprint density at radius 1 is 1.33 bits per heavy atom. The van der Waals surface area contributed by atoms with Gasteiger partial charge in [-0.3, -0.25) is 4.79 Å². The van der Waals surface area contributed by atoms with Gasteiger partial charge in [0.2, 0.25) is 0 Å². The summed E-state index contributed by atoms with van der Waals surface area (Å²) in [5, 5.41) is 0.384. The van der Waals surface area contributed by atoms with E-state index in [1.54, 1.807) is 18.2 Å². The van der Waals surface area contributed by atoms with E-state index in [9.17, 15) is 18.0 Å². The highest BCUT2D eigenvalue weighted by atomic mass is 19.4. The minimum Gasteiger partial charge on any atom is -0.469 e. The van der Waals surface area contributed by atoms with Crippen LogP contribution < -0.4 is 0 Å². The van der Waals surface area contributed by atoms with Gasteiger partial charge in [-0.05, 0) is 6.07 Å². The van der Waals surface area contributed by atoms with E-state index in [0.29, 0.717) is 10.9 Å². The van der Waals surface area contributed by atoms with Gasteiger partial charge in [0.1, 0.15) is 5.69 Å². The van der Waals surface area contributed by atoms with Gasteiger partial charge in [0.05, 0.1) is 13.5 Å². The summed E-state index contributed by atoms with van der Waals surface area (Å²) in [7, 11) is 1.14. The first-order valence-corrected chi connectivity index (χ1v) is 5.17. The molecule has 0 radical (unpaired) electrons. The number of H-pyrrole nitrogens is 1. The monoisotopic (exact) mass is 257 g/mol. The molecule has 0 aliphatic heterocycles. The fourth-order valence-corrected chi connectivity index (χ4v) is 1.84. The molecule has 1 N–H and O–H groups in total. The number of carbonyl (C=O) groups excluding carboxylic acids is 1. The summed E-state index contributed by atoms with van der Waals surface area (Å²) in [6.07, 6.45) is -4.93.